The van der Waals surface area contributed by atoms with Gasteiger partial charge in [0.15, 0.2) is 0 Å². The summed E-state index contributed by atoms with van der Waals surface area (Å²) in [6, 6.07) is 15.7. The molecule has 12 nitrogen and oxygen atoms in total. The minimum Gasteiger partial charge on any atom is -0.496 e. The SMILES string of the molecule is COc1ccc(CN(C(=O)[C@H](Cc2c(C)cc(C(N)=O)cc2C)NC(=O)OC(C)(C)C)C(C)c2nc(-c3ccccc3)c[nH]2)cc1C(=O)O. The molecular formula is C37H43N5O7. The molecular weight excluding hydrogens is 626 g/mol. The van der Waals surface area contributed by atoms with E-state index < -0.39 is 41.6 Å². The molecule has 0 bridgehead atoms. The average Bonchev–Trinajstić information content (AvgIpc) is 3.54. The van der Waals surface area contributed by atoms with Crippen LogP contribution in [0.5, 0.6) is 5.75 Å². The van der Waals surface area contributed by atoms with Gasteiger partial charge in [-0.25, -0.2) is 14.6 Å². The van der Waals surface area contributed by atoms with Gasteiger partial charge >= 0.3 is 12.1 Å². The van der Waals surface area contributed by atoms with Gasteiger partial charge in [0.25, 0.3) is 0 Å². The van der Waals surface area contributed by atoms with E-state index in [-0.39, 0.29) is 24.3 Å². The number of amides is 3. The first-order valence-electron chi connectivity index (χ1n) is 15.8. The summed E-state index contributed by atoms with van der Waals surface area (Å²) in [5.41, 5.74) is 9.23. The molecule has 5 N–H and O–H groups in total. The van der Waals surface area contributed by atoms with Crippen molar-refractivity contribution >= 4 is 23.9 Å². The number of nitrogens with zero attached hydrogens (tertiary/aromatic N) is 2. The Morgan fingerprint density at radius 2 is 1.67 bits per heavy atom. The van der Waals surface area contributed by atoms with Crippen LogP contribution in [0.15, 0.2) is 66.9 Å². The number of hydrogen-bond donors (Lipinski definition) is 4. The summed E-state index contributed by atoms with van der Waals surface area (Å²) in [6.07, 6.45) is 1.03. The molecule has 12 heteroatoms. The Bertz CT molecular complexity index is 1820. The number of aromatic amines is 1. The summed E-state index contributed by atoms with van der Waals surface area (Å²) in [5, 5.41) is 12.6. The molecule has 2 atom stereocenters. The third kappa shape index (κ3) is 9.04. The number of ether oxygens (including phenoxy) is 2. The van der Waals surface area contributed by atoms with Gasteiger partial charge < -0.3 is 35.5 Å². The zero-order chi connectivity index (χ0) is 36.0. The first kappa shape index (κ1) is 36.2. The lowest BCUT2D eigenvalue weighted by Gasteiger charge is -2.33. The third-order valence-electron chi connectivity index (χ3n) is 8.04. The molecule has 3 aromatic carbocycles. The first-order valence-corrected chi connectivity index (χ1v) is 15.8. The van der Waals surface area contributed by atoms with E-state index in [1.54, 1.807) is 52.1 Å². The zero-order valence-corrected chi connectivity index (χ0v) is 28.8. The molecule has 4 aromatic rings. The molecule has 49 heavy (non-hydrogen) atoms. The van der Waals surface area contributed by atoms with Crippen molar-refractivity contribution in [3.63, 3.8) is 0 Å². The van der Waals surface area contributed by atoms with Crippen molar-refractivity contribution < 1.29 is 33.8 Å². The molecule has 0 saturated heterocycles. The number of imidazole rings is 1. The van der Waals surface area contributed by atoms with E-state index in [0.717, 1.165) is 22.3 Å². The number of aryl methyl sites for hydroxylation is 2. The largest absolute Gasteiger partial charge is 0.496 e. The fourth-order valence-electron chi connectivity index (χ4n) is 5.59. The monoisotopic (exact) mass is 669 g/mol. The van der Waals surface area contributed by atoms with E-state index in [4.69, 9.17) is 20.2 Å². The third-order valence-corrected chi connectivity index (χ3v) is 8.04. The minimum atomic E-state index is -1.18. The van der Waals surface area contributed by atoms with Crippen LogP contribution in [0.4, 0.5) is 4.79 Å². The second-order valence-corrected chi connectivity index (χ2v) is 12.9. The number of hydrogen-bond acceptors (Lipinski definition) is 7. The number of primary amides is 1. The Labute approximate surface area is 285 Å². The molecule has 3 amide bonds. The second kappa shape index (κ2) is 15.1. The number of nitrogens with two attached hydrogens (primary N) is 1. The number of carbonyl (C=O) groups excluding carboxylic acids is 3. The van der Waals surface area contributed by atoms with Crippen LogP contribution in [-0.4, -0.2) is 62.6 Å². The maximum atomic E-state index is 14.8. The number of nitrogens with one attached hydrogen (secondary N) is 2. The van der Waals surface area contributed by atoms with E-state index in [2.05, 4.69) is 10.3 Å². The van der Waals surface area contributed by atoms with Gasteiger partial charge in [-0.2, -0.15) is 0 Å². The number of carboxylic acid groups (broad SMARTS) is 1. The van der Waals surface area contributed by atoms with Crippen molar-refractivity contribution in [2.75, 3.05) is 7.11 Å². The number of rotatable bonds is 12. The van der Waals surface area contributed by atoms with Gasteiger partial charge in [-0.1, -0.05) is 36.4 Å². The van der Waals surface area contributed by atoms with Crippen LogP contribution in [0.25, 0.3) is 11.3 Å². The normalized spacial score (nSPS) is 12.5. The fourth-order valence-corrected chi connectivity index (χ4v) is 5.59. The molecule has 1 aromatic heterocycles. The Hall–Kier alpha value is -5.65. The van der Waals surface area contributed by atoms with Crippen LogP contribution in [-0.2, 0) is 22.5 Å². The predicted molar refractivity (Wildman–Crippen MR) is 184 cm³/mol. The number of aromatic carboxylic acids is 1. The molecule has 258 valence electrons. The van der Waals surface area contributed by atoms with Crippen molar-refractivity contribution in [3.8, 4) is 17.0 Å². The highest BCUT2D eigenvalue weighted by Gasteiger charge is 2.33. The summed E-state index contributed by atoms with van der Waals surface area (Å²) < 4.78 is 10.8. The highest BCUT2D eigenvalue weighted by atomic mass is 16.6. The Kier molecular flexibility index (Phi) is 11.1. The number of methoxy groups -OCH3 is 1. The molecule has 0 radical (unpaired) electrons. The lowest BCUT2D eigenvalue weighted by molar-refractivity contribution is -0.136. The predicted octanol–water partition coefficient (Wildman–Crippen LogP) is 5.73. The van der Waals surface area contributed by atoms with Gasteiger partial charge in [0.05, 0.1) is 18.8 Å². The summed E-state index contributed by atoms with van der Waals surface area (Å²) in [7, 11) is 1.38. The second-order valence-electron chi connectivity index (χ2n) is 12.9. The lowest BCUT2D eigenvalue weighted by Crippen LogP contribution is -2.51. The molecule has 1 unspecified atom stereocenters. The maximum absolute atomic E-state index is 14.8. The molecule has 0 spiro atoms. The number of carboxylic acids is 1. The Morgan fingerprint density at radius 3 is 2.24 bits per heavy atom. The topological polar surface area (TPSA) is 177 Å². The maximum Gasteiger partial charge on any atom is 0.408 e. The number of benzene rings is 3. The molecule has 0 aliphatic heterocycles. The van der Waals surface area contributed by atoms with Gasteiger partial charge in [-0.3, -0.25) is 9.59 Å². The molecule has 0 aliphatic rings. The van der Waals surface area contributed by atoms with Gasteiger partial charge in [-0.05, 0) is 88.1 Å². The first-order chi connectivity index (χ1) is 23.1. The highest BCUT2D eigenvalue weighted by Crippen LogP contribution is 2.28. The minimum absolute atomic E-state index is 0.0310. The summed E-state index contributed by atoms with van der Waals surface area (Å²) in [6.45, 7) is 10.6. The lowest BCUT2D eigenvalue weighted by atomic mass is 9.93. The Balaban J connectivity index is 1.80. The molecule has 1 heterocycles. The summed E-state index contributed by atoms with van der Waals surface area (Å²) in [5.74, 6) is -1.57. The van der Waals surface area contributed by atoms with E-state index in [9.17, 15) is 24.3 Å². The van der Waals surface area contributed by atoms with Crippen molar-refractivity contribution in [3.05, 3.63) is 106 Å². The van der Waals surface area contributed by atoms with E-state index in [1.165, 1.54) is 24.1 Å². The molecule has 0 fully saturated rings. The van der Waals surface area contributed by atoms with Crippen molar-refractivity contribution in [1.29, 1.82) is 0 Å². The zero-order valence-electron chi connectivity index (χ0n) is 28.8. The number of H-pyrrole nitrogens is 1. The van der Waals surface area contributed by atoms with Crippen LogP contribution in [0.2, 0.25) is 0 Å². The summed E-state index contributed by atoms with van der Waals surface area (Å²) in [4.78, 5) is 61.5. The van der Waals surface area contributed by atoms with Gasteiger partial charge in [0.1, 0.15) is 28.8 Å². The van der Waals surface area contributed by atoms with Crippen LogP contribution < -0.4 is 15.8 Å². The molecule has 0 saturated carbocycles. The van der Waals surface area contributed by atoms with E-state index >= 15 is 0 Å². The van der Waals surface area contributed by atoms with Gasteiger partial charge in [0, 0.05) is 30.3 Å². The molecule has 0 aliphatic carbocycles. The van der Waals surface area contributed by atoms with Crippen molar-refractivity contribution in [2.24, 2.45) is 5.73 Å². The van der Waals surface area contributed by atoms with Crippen LogP contribution in [0, 0.1) is 13.8 Å². The standard InChI is InChI=1S/C37H43N5O7/c1-21-15-26(32(38)43)16-22(2)27(21)18-29(41-36(47)49-37(4,5)6)34(44)42(20-24-13-14-31(48-7)28(17-24)35(45)46)23(3)33-39-19-30(40-33)25-11-9-8-10-12-25/h8-17,19,23,29H,18,20H2,1-7H3,(H2,38,43)(H,39,40)(H,41,47)(H,45,46)/t23?,29-/m0/s1. The molecule has 4 rings (SSSR count). The highest BCUT2D eigenvalue weighted by molar-refractivity contribution is 5.93. The number of carbonyl (C=O) groups is 4. The smallest absolute Gasteiger partial charge is 0.408 e. The van der Waals surface area contributed by atoms with Gasteiger partial charge in [-0.15, -0.1) is 0 Å². The van der Waals surface area contributed by atoms with Crippen molar-refractivity contribution in [2.45, 2.75) is 72.2 Å². The van der Waals surface area contributed by atoms with Crippen molar-refractivity contribution in [1.82, 2.24) is 20.2 Å². The fraction of sp³-hybridized carbons (Fsp3) is 0.324. The number of alkyl carbamates (subject to hydrolysis) is 1. The van der Waals surface area contributed by atoms with Gasteiger partial charge in [0.2, 0.25) is 11.8 Å². The number of aromatic nitrogens is 2. The summed E-state index contributed by atoms with van der Waals surface area (Å²) >= 11 is 0. The quantitative estimate of drug-likeness (QED) is 0.148. The van der Waals surface area contributed by atoms with Crippen LogP contribution in [0.1, 0.15) is 82.5 Å². The van der Waals surface area contributed by atoms with Crippen LogP contribution in [0.3, 0.4) is 0 Å². The van der Waals surface area contributed by atoms with E-state index in [0.29, 0.717) is 22.6 Å². The van der Waals surface area contributed by atoms with E-state index in [1.807, 2.05) is 44.2 Å². The Morgan fingerprint density at radius 1 is 1.02 bits per heavy atom. The van der Waals surface area contributed by atoms with Crippen LogP contribution >= 0.6 is 0 Å². The average molecular weight is 670 g/mol.